The lowest BCUT2D eigenvalue weighted by Crippen LogP contribution is -2.26. The lowest BCUT2D eigenvalue weighted by Gasteiger charge is -2.11. The van der Waals surface area contributed by atoms with Crippen molar-refractivity contribution >= 4 is 44.6 Å². The largest absolute Gasteiger partial charge is 0.326 e. The van der Waals surface area contributed by atoms with Crippen LogP contribution in [0.25, 0.3) is 0 Å². The molecule has 8 heteroatoms. The Labute approximate surface area is 137 Å². The van der Waals surface area contributed by atoms with Crippen LogP contribution in [0.1, 0.15) is 10.4 Å². The molecule has 114 valence electrons. The number of benzene rings is 1. The molecule has 1 aromatic carbocycles. The lowest BCUT2D eigenvalue weighted by atomic mass is 10.2. The van der Waals surface area contributed by atoms with Crippen molar-refractivity contribution in [3.63, 3.8) is 0 Å². The van der Waals surface area contributed by atoms with Crippen LogP contribution in [0.5, 0.6) is 0 Å². The second-order valence-electron chi connectivity index (χ2n) is 4.27. The number of halogens is 2. The van der Waals surface area contributed by atoms with Gasteiger partial charge in [-0.25, -0.2) is 13.1 Å². The average molecular weight is 365 g/mol. The Morgan fingerprint density at radius 3 is 2.62 bits per heavy atom. The number of hydrogen-bond donors (Lipinski definition) is 2. The van der Waals surface area contributed by atoms with Crippen molar-refractivity contribution < 1.29 is 8.42 Å². The van der Waals surface area contributed by atoms with Gasteiger partial charge in [-0.1, -0.05) is 29.3 Å². The van der Waals surface area contributed by atoms with Gasteiger partial charge in [0.05, 0.1) is 5.02 Å². The van der Waals surface area contributed by atoms with Gasteiger partial charge in [-0.2, -0.15) is 0 Å². The van der Waals surface area contributed by atoms with Crippen LogP contribution in [0.4, 0.5) is 0 Å². The van der Waals surface area contributed by atoms with E-state index in [1.807, 2.05) is 17.5 Å². The maximum Gasteiger partial charge on any atom is 0.242 e. The molecule has 0 radical (unpaired) electrons. The van der Waals surface area contributed by atoms with Gasteiger partial charge >= 0.3 is 0 Å². The Morgan fingerprint density at radius 2 is 2.00 bits per heavy atom. The highest BCUT2D eigenvalue weighted by Crippen LogP contribution is 2.30. The number of nitrogens with two attached hydrogens (primary N) is 1. The molecule has 1 heterocycles. The Kier molecular flexibility index (Phi) is 5.65. The van der Waals surface area contributed by atoms with Crippen molar-refractivity contribution in [2.75, 3.05) is 6.54 Å². The molecule has 0 fully saturated rings. The fraction of sp³-hybridized carbons (Fsp3) is 0.231. The molecular weight excluding hydrogens is 351 g/mol. The van der Waals surface area contributed by atoms with Gasteiger partial charge in [0.15, 0.2) is 0 Å². The van der Waals surface area contributed by atoms with E-state index in [2.05, 4.69) is 4.72 Å². The van der Waals surface area contributed by atoms with Gasteiger partial charge < -0.3 is 5.73 Å². The van der Waals surface area contributed by atoms with Crippen molar-refractivity contribution in [3.8, 4) is 0 Å². The standard InChI is InChI=1S/C13H14Cl2N2O2S2/c14-11-3-4-12(13(15)10(11)8-16)21(18,19)17-6-5-9-2-1-7-20-9/h1-4,7,17H,5-6,8,16H2. The zero-order valence-electron chi connectivity index (χ0n) is 11.0. The molecule has 0 aliphatic carbocycles. The first-order valence-corrected chi connectivity index (χ1v) is 9.26. The summed E-state index contributed by atoms with van der Waals surface area (Å²) in [7, 11) is -3.69. The topological polar surface area (TPSA) is 72.2 Å². The molecule has 0 saturated carbocycles. The highest BCUT2D eigenvalue weighted by molar-refractivity contribution is 7.89. The third-order valence-corrected chi connectivity index (χ3v) is 6.23. The van der Waals surface area contributed by atoms with Gasteiger partial charge in [-0.3, -0.25) is 0 Å². The summed E-state index contributed by atoms with van der Waals surface area (Å²) in [5.41, 5.74) is 5.98. The third-order valence-electron chi connectivity index (χ3n) is 2.89. The van der Waals surface area contributed by atoms with E-state index in [-0.39, 0.29) is 16.5 Å². The molecule has 4 nitrogen and oxygen atoms in total. The molecule has 2 aromatic rings. The van der Waals surface area contributed by atoms with Crippen LogP contribution in [-0.4, -0.2) is 15.0 Å². The normalized spacial score (nSPS) is 11.8. The van der Waals surface area contributed by atoms with E-state index in [0.717, 1.165) is 4.88 Å². The predicted molar refractivity (Wildman–Crippen MR) is 87.6 cm³/mol. The van der Waals surface area contributed by atoms with Crippen molar-refractivity contribution in [1.29, 1.82) is 0 Å². The molecule has 0 amide bonds. The highest BCUT2D eigenvalue weighted by atomic mass is 35.5. The van der Waals surface area contributed by atoms with E-state index < -0.39 is 10.0 Å². The van der Waals surface area contributed by atoms with Crippen molar-refractivity contribution in [3.05, 3.63) is 50.1 Å². The Bertz CT molecular complexity index is 716. The third kappa shape index (κ3) is 3.97. The summed E-state index contributed by atoms with van der Waals surface area (Å²) >= 11 is 13.6. The van der Waals surface area contributed by atoms with Crippen molar-refractivity contribution in [2.24, 2.45) is 5.73 Å². The predicted octanol–water partition coefficient (Wildman–Crippen LogP) is 3.03. The molecule has 0 aliphatic rings. The van der Waals surface area contributed by atoms with Crippen LogP contribution in [0.15, 0.2) is 34.5 Å². The fourth-order valence-electron chi connectivity index (χ4n) is 1.81. The number of rotatable bonds is 6. The molecule has 2 rings (SSSR count). The van der Waals surface area contributed by atoms with E-state index in [9.17, 15) is 8.42 Å². The van der Waals surface area contributed by atoms with Crippen LogP contribution in [0.2, 0.25) is 10.0 Å². The van der Waals surface area contributed by atoms with E-state index in [0.29, 0.717) is 23.6 Å². The number of thiophene rings is 1. The molecule has 0 spiro atoms. The first-order valence-electron chi connectivity index (χ1n) is 6.14. The van der Waals surface area contributed by atoms with Gasteiger partial charge in [-0.05, 0) is 30.0 Å². The molecule has 0 aliphatic heterocycles. The molecule has 0 saturated heterocycles. The number of nitrogens with one attached hydrogen (secondary N) is 1. The van der Waals surface area contributed by atoms with Crippen LogP contribution in [0.3, 0.4) is 0 Å². The molecule has 0 atom stereocenters. The maximum absolute atomic E-state index is 12.3. The first-order chi connectivity index (χ1) is 9.95. The lowest BCUT2D eigenvalue weighted by molar-refractivity contribution is 0.582. The minimum atomic E-state index is -3.69. The smallest absolute Gasteiger partial charge is 0.242 e. The summed E-state index contributed by atoms with van der Waals surface area (Å²) in [5.74, 6) is 0. The van der Waals surface area contributed by atoms with Gasteiger partial charge in [-0.15, -0.1) is 11.3 Å². The number of sulfonamides is 1. The quantitative estimate of drug-likeness (QED) is 0.827. The minimum absolute atomic E-state index is 0.000182. The van der Waals surface area contributed by atoms with Crippen LogP contribution in [-0.2, 0) is 23.0 Å². The molecular formula is C13H14Cl2N2O2S2. The van der Waals surface area contributed by atoms with Gasteiger partial charge in [0, 0.05) is 28.6 Å². The maximum atomic E-state index is 12.3. The zero-order chi connectivity index (χ0) is 15.5. The average Bonchev–Trinajstić information content (AvgIpc) is 2.92. The summed E-state index contributed by atoms with van der Waals surface area (Å²) in [5, 5.41) is 2.39. The van der Waals surface area contributed by atoms with Crippen LogP contribution < -0.4 is 10.5 Å². The van der Waals surface area contributed by atoms with Crippen LogP contribution in [0, 0.1) is 0 Å². The van der Waals surface area contributed by atoms with E-state index in [1.165, 1.54) is 12.1 Å². The van der Waals surface area contributed by atoms with Crippen LogP contribution >= 0.6 is 34.5 Å². The summed E-state index contributed by atoms with van der Waals surface area (Å²) < 4.78 is 27.1. The summed E-state index contributed by atoms with van der Waals surface area (Å²) in [4.78, 5) is 1.11. The monoisotopic (exact) mass is 364 g/mol. The summed E-state index contributed by atoms with van der Waals surface area (Å²) in [6.45, 7) is 0.385. The molecule has 0 bridgehead atoms. The number of hydrogen-bond acceptors (Lipinski definition) is 4. The Hall–Kier alpha value is -0.630. The van der Waals surface area contributed by atoms with E-state index >= 15 is 0 Å². The second-order valence-corrected chi connectivity index (χ2v) is 7.82. The van der Waals surface area contributed by atoms with Crippen molar-refractivity contribution in [2.45, 2.75) is 17.9 Å². The Morgan fingerprint density at radius 1 is 1.24 bits per heavy atom. The summed E-state index contributed by atoms with van der Waals surface area (Å²) in [6, 6.07) is 6.76. The van der Waals surface area contributed by atoms with E-state index in [4.69, 9.17) is 28.9 Å². The molecule has 21 heavy (non-hydrogen) atoms. The Balaban J connectivity index is 2.16. The fourth-order valence-corrected chi connectivity index (χ4v) is 4.48. The summed E-state index contributed by atoms with van der Waals surface area (Å²) in [6.07, 6.45) is 0.631. The SMILES string of the molecule is NCc1c(Cl)ccc(S(=O)(=O)NCCc2cccs2)c1Cl. The molecule has 3 N–H and O–H groups in total. The zero-order valence-corrected chi connectivity index (χ0v) is 14.1. The van der Waals surface area contributed by atoms with Gasteiger partial charge in [0.25, 0.3) is 0 Å². The molecule has 0 unspecified atom stereocenters. The van der Waals surface area contributed by atoms with E-state index in [1.54, 1.807) is 11.3 Å². The van der Waals surface area contributed by atoms with Gasteiger partial charge in [0.1, 0.15) is 4.90 Å². The minimum Gasteiger partial charge on any atom is -0.326 e. The highest BCUT2D eigenvalue weighted by Gasteiger charge is 2.20. The molecule has 1 aromatic heterocycles. The first kappa shape index (κ1) is 16.7. The second kappa shape index (κ2) is 7.09. The van der Waals surface area contributed by atoms with Gasteiger partial charge in [0.2, 0.25) is 10.0 Å². The van der Waals surface area contributed by atoms with Crippen molar-refractivity contribution in [1.82, 2.24) is 4.72 Å².